The van der Waals surface area contributed by atoms with E-state index in [4.69, 9.17) is 50.3 Å². The maximum atomic E-state index is 8.39. The third-order valence-electron chi connectivity index (χ3n) is 22.5. The van der Waals surface area contributed by atoms with Crippen molar-refractivity contribution in [2.45, 2.75) is 101 Å². The van der Waals surface area contributed by atoms with E-state index in [9.17, 15) is 0 Å². The van der Waals surface area contributed by atoms with Gasteiger partial charge < -0.3 is 53.1 Å². The van der Waals surface area contributed by atoms with Crippen molar-refractivity contribution in [1.82, 2.24) is 39.9 Å². The van der Waals surface area contributed by atoms with Crippen LogP contribution in [0.3, 0.4) is 0 Å². The first-order chi connectivity index (χ1) is 78.2. The molecule has 12 aromatic carbocycles. The number of benzene rings is 12. The molecule has 0 fully saturated rings. The van der Waals surface area contributed by atoms with Crippen LogP contribution < -0.4 is 0 Å². The number of hydrogen-bond acceptors (Lipinski definition) is 11. The molecule has 0 saturated heterocycles. The molecule has 142 heavy (non-hydrogen) atoms. The summed E-state index contributed by atoms with van der Waals surface area (Å²) in [6.45, 7) is -12.3. The predicted molar refractivity (Wildman–Crippen MR) is 564 cm³/mol. The molecule has 0 atom stereocenters. The largest absolute Gasteiger partial charge is 0.501 e. The monoisotopic (exact) mass is 2590 g/mol. The van der Waals surface area contributed by atoms with Crippen LogP contribution in [0.1, 0.15) is 136 Å². The van der Waals surface area contributed by atoms with Gasteiger partial charge >= 0.3 is 0 Å². The molecule has 4 radical (unpaired) electrons. The van der Waals surface area contributed by atoms with Gasteiger partial charge in [-0.15, -0.1) is 228 Å². The minimum Gasteiger partial charge on any atom is -0.501 e. The Labute approximate surface area is 924 Å². The summed E-state index contributed by atoms with van der Waals surface area (Å²) in [5.74, 6) is -2.79. The molecule has 23 aromatic rings. The van der Waals surface area contributed by atoms with E-state index in [0.29, 0.717) is 72.7 Å². The van der Waals surface area contributed by atoms with Gasteiger partial charge in [-0.25, -0.2) is 0 Å². The molecular weight excluding hydrogens is 2450 g/mol. The van der Waals surface area contributed by atoms with Crippen LogP contribution in [-0.4, -0.2) is 39.9 Å². The summed E-state index contributed by atoms with van der Waals surface area (Å²) in [5, 5.41) is 5.60. The van der Waals surface area contributed by atoms with E-state index in [1.807, 2.05) is 219 Å². The molecule has 0 N–H and O–H groups in total. The van der Waals surface area contributed by atoms with E-state index < -0.39 is 67.1 Å². The molecular formula is C127H102Ir4N8O3-8. The number of aromatic nitrogens is 8. The van der Waals surface area contributed by atoms with E-state index in [1.54, 1.807) is 70.2 Å². The van der Waals surface area contributed by atoms with Gasteiger partial charge in [0.25, 0.3) is 0 Å². The Morgan fingerprint density at radius 2 is 0.697 bits per heavy atom. The van der Waals surface area contributed by atoms with Gasteiger partial charge in [-0.3, -0.25) is 0 Å². The van der Waals surface area contributed by atoms with E-state index in [1.165, 1.54) is 96.0 Å². The maximum Gasteiger partial charge on any atom is 0.120 e. The molecule has 15 heteroatoms. The number of aryl methyl sites for hydroxylation is 10. The second-order valence-corrected chi connectivity index (χ2v) is 31.8. The van der Waals surface area contributed by atoms with E-state index in [0.717, 1.165) is 128 Å². The molecule has 11 aromatic heterocycles. The minimum absolute atomic E-state index is 0. The smallest absolute Gasteiger partial charge is 0.120 e. The van der Waals surface area contributed by atoms with Crippen LogP contribution in [0.4, 0.5) is 0 Å². The zero-order valence-corrected chi connectivity index (χ0v) is 86.1. The molecule has 11 heterocycles. The molecule has 0 amide bonds. The SMILES string of the molecule is [2H]C([2H])([2H])C([2H])([2H])c1ccnc(-c2[c-]ccc3c2oc2ccccc23)c1.[2H]C([2H])([2H])C([2H])(c1ccnc(-c2[c-]ccc3c2oc2ccccc23)c1)C([2H])([2H])[2H].[2H]C([2H])([2H])c1ccnc(-c2[c-]ccc3c2oc2ccccc23)c1.[2H]C([2H])([2H])c1cnc(-c2[c-]cccc2)cc1C.[2H]C([2H])([2H])c1cnc(-c2[c-]cccc2)cc1C.[2H]C([2H])([2H])c1cnc(-c2[c-]cccc2)cc1C.[2H]C([2H])([2H])c1cnc(-c2[c-]cccc2)cc1C.[Ir].[Ir].[Ir].[Ir].[c-]1cc2c(cc1-c1ccccn1)Cc1ccccc1-2. The number of para-hydroxylation sites is 3. The third kappa shape index (κ3) is 25.6. The van der Waals surface area contributed by atoms with Crippen LogP contribution in [0.25, 0.3) is 167 Å². The van der Waals surface area contributed by atoms with Crippen LogP contribution in [-0.2, 0) is 93.2 Å². The zero-order valence-electron chi connectivity index (χ0n) is 104. The first kappa shape index (κ1) is 73.9. The van der Waals surface area contributed by atoms with E-state index >= 15 is 0 Å². The van der Waals surface area contributed by atoms with Crippen molar-refractivity contribution in [3.05, 3.63) is 492 Å². The van der Waals surface area contributed by atoms with Crippen molar-refractivity contribution in [3.8, 4) is 101 Å². The fraction of sp³-hybridized carbons (Fsp3) is 0.118. The van der Waals surface area contributed by atoms with E-state index in [2.05, 4.69) is 125 Å². The van der Waals surface area contributed by atoms with Gasteiger partial charge in [0.15, 0.2) is 0 Å². The fourth-order valence-corrected chi connectivity index (χ4v) is 15.3. The van der Waals surface area contributed by atoms with Gasteiger partial charge in [-0.1, -0.05) is 237 Å². The van der Waals surface area contributed by atoms with Crippen LogP contribution in [0, 0.1) is 110 Å². The van der Waals surface area contributed by atoms with Crippen LogP contribution >= 0.6 is 0 Å². The molecule has 11 nitrogen and oxygen atoms in total. The molecule has 0 bridgehead atoms. The standard InChI is InChI=1S/C20H16NO.C19H14NO.C18H12NO.C18H12N.4C13H12N.4Ir/c1-13(2)14-10-11-21-18(12-14)17-8-5-7-16-15-6-3-4-9-19(15)22-20(16)17;1-2-13-10-11-20-17(12-13)16-8-5-7-15-14-6-3-4-9-18(14)21-19(15)16;1-12-9-10-19-16(11-12)15-7-4-6-14-13-5-2-3-8-17(13)20-18(14)15;1-2-6-16-13(5-1)11-15-12-14(8-9-17(15)16)18-7-3-4-10-19-18;4*1-10-8-13(14-9-11(10)2)12-6-4-3-5-7-12;;;;/h3-7,9-13H,1-2H3;3-7,9-12H,2H2,1H3;2-6,8-11H,1H3;1-7,9-10,12H,11H2;4*3-6,8-9H,1-2H3;;;;/q8*-1;;;;/i1D3,2D3,13D;1D3,2D2;1D3;;4*2D3;;;;. The summed E-state index contributed by atoms with van der Waals surface area (Å²) in [6.07, 6.45) is 10.3. The fourth-order valence-electron chi connectivity index (χ4n) is 15.3. The number of pyridine rings is 8. The summed E-state index contributed by atoms with van der Waals surface area (Å²) in [6, 6.07) is 123. The second kappa shape index (κ2) is 50.3. The predicted octanol–water partition coefficient (Wildman–Crippen LogP) is 32.1. The van der Waals surface area contributed by atoms with Gasteiger partial charge in [-0.05, 0) is 196 Å². The Bertz CT molecular complexity index is 8920. The third-order valence-corrected chi connectivity index (χ3v) is 22.5. The molecule has 24 rings (SSSR count). The number of rotatable bonds is 10. The number of fused-ring (bicyclic) bond motifs is 12. The average Bonchev–Trinajstić information content (AvgIpc) is 1.35. The maximum absolute atomic E-state index is 8.39. The van der Waals surface area contributed by atoms with Crippen molar-refractivity contribution in [2.75, 3.05) is 0 Å². The number of hydrogen-bond donors (Lipinski definition) is 0. The molecule has 0 unspecified atom stereocenters. The Hall–Kier alpha value is -14.2. The quantitative estimate of drug-likeness (QED) is 0.121. The molecule has 0 spiro atoms. The molecule has 0 saturated carbocycles. The molecule has 0 aliphatic heterocycles. The number of nitrogens with zero attached hydrogens (tertiary/aromatic N) is 8. The van der Waals surface area contributed by atoms with Crippen LogP contribution in [0.2, 0.25) is 0 Å². The second-order valence-electron chi connectivity index (χ2n) is 31.8. The normalized spacial score (nSPS) is 14.4. The Morgan fingerprint density at radius 1 is 0.303 bits per heavy atom. The minimum atomic E-state index is -3.06. The van der Waals surface area contributed by atoms with Crippen molar-refractivity contribution in [3.63, 3.8) is 0 Å². The van der Waals surface area contributed by atoms with Crippen molar-refractivity contribution in [2.24, 2.45) is 0 Å². The van der Waals surface area contributed by atoms with Crippen LogP contribution in [0.15, 0.2) is 384 Å². The van der Waals surface area contributed by atoms with Crippen LogP contribution in [0.5, 0.6) is 0 Å². The van der Waals surface area contributed by atoms with Crippen molar-refractivity contribution >= 4 is 65.8 Å². The first-order valence-electron chi connectivity index (χ1n) is 57.4. The average molecular weight is 2580 g/mol. The van der Waals surface area contributed by atoms with Gasteiger partial charge in [-0.2, -0.15) is 0 Å². The first-order valence-corrected chi connectivity index (χ1v) is 43.9. The Kier molecular flexibility index (Phi) is 26.2. The van der Waals surface area contributed by atoms with E-state index in [-0.39, 0.29) is 103 Å². The molecule has 712 valence electrons. The van der Waals surface area contributed by atoms with Gasteiger partial charge in [0.05, 0.1) is 16.7 Å². The summed E-state index contributed by atoms with van der Waals surface area (Å²) >= 11 is 0. The summed E-state index contributed by atoms with van der Waals surface area (Å²) in [4.78, 5) is 34.0. The van der Waals surface area contributed by atoms with Crippen molar-refractivity contribution in [1.29, 1.82) is 0 Å². The Balaban J connectivity index is 0.000000159. The van der Waals surface area contributed by atoms with Gasteiger partial charge in [0.1, 0.15) is 16.7 Å². The summed E-state index contributed by atoms with van der Waals surface area (Å²) < 4.78 is 222. The van der Waals surface area contributed by atoms with Gasteiger partial charge in [0.2, 0.25) is 0 Å². The van der Waals surface area contributed by atoms with Crippen molar-refractivity contribution < 1.29 is 131 Å². The number of furan rings is 3. The van der Waals surface area contributed by atoms with Gasteiger partial charge in [0, 0.05) is 183 Å². The topological polar surface area (TPSA) is 143 Å². The zero-order chi connectivity index (χ0) is 118. The summed E-state index contributed by atoms with van der Waals surface area (Å²) in [7, 11) is 0. The molecule has 1 aliphatic rings. The summed E-state index contributed by atoms with van der Waals surface area (Å²) in [5.41, 5.74) is 25.2. The molecule has 1 aliphatic carbocycles. The Morgan fingerprint density at radius 3 is 1.10 bits per heavy atom.